The number of anilines is 3. The van der Waals surface area contributed by atoms with Gasteiger partial charge in [-0.05, 0) is 55.5 Å². The second-order valence-corrected chi connectivity index (χ2v) is 7.31. The molecule has 0 bridgehead atoms. The summed E-state index contributed by atoms with van der Waals surface area (Å²) in [5.41, 5.74) is 1.85. The lowest BCUT2D eigenvalue weighted by atomic mass is 10.1. The van der Waals surface area contributed by atoms with Crippen molar-refractivity contribution in [3.05, 3.63) is 76.4 Å². The fourth-order valence-electron chi connectivity index (χ4n) is 3.14. The lowest BCUT2D eigenvalue weighted by Crippen LogP contribution is -2.36. The highest BCUT2D eigenvalue weighted by Crippen LogP contribution is 2.41. The maximum absolute atomic E-state index is 12.9. The van der Waals surface area contributed by atoms with Gasteiger partial charge in [-0.1, -0.05) is 29.3 Å². The molecule has 1 aliphatic heterocycles. The Labute approximate surface area is 172 Å². The number of aromatic nitrogens is 1. The average molecular weight is 414 g/mol. The Morgan fingerprint density at radius 1 is 1.14 bits per heavy atom. The van der Waals surface area contributed by atoms with Gasteiger partial charge in [0.25, 0.3) is 5.91 Å². The van der Waals surface area contributed by atoms with E-state index < -0.39 is 0 Å². The first-order valence-electron chi connectivity index (χ1n) is 8.77. The average Bonchev–Trinajstić information content (AvgIpc) is 2.69. The smallest absolute Gasteiger partial charge is 0.259 e. The van der Waals surface area contributed by atoms with Gasteiger partial charge in [-0.25, -0.2) is 4.98 Å². The number of halogens is 2. The van der Waals surface area contributed by atoms with Crippen LogP contribution in [0.1, 0.15) is 17.3 Å². The molecule has 0 aliphatic carbocycles. The zero-order valence-corrected chi connectivity index (χ0v) is 16.5. The summed E-state index contributed by atoms with van der Waals surface area (Å²) in [6.45, 7) is 2.52. The molecule has 0 radical (unpaired) electrons. The van der Waals surface area contributed by atoms with Crippen LogP contribution in [0.2, 0.25) is 10.0 Å². The standard InChI is InChI=1S/C21H17Cl2N3O2/c1-13-12-26(20-17(23)5-3-11-24-20)18-6-2-4-16(19(18)28-13)21(27)25-15-9-7-14(22)8-10-15/h2-11,13H,12H2,1H3,(H,25,27). The van der Waals surface area contributed by atoms with Gasteiger partial charge in [0.1, 0.15) is 6.10 Å². The van der Waals surface area contributed by atoms with Gasteiger partial charge in [0.15, 0.2) is 11.6 Å². The maximum atomic E-state index is 12.9. The third kappa shape index (κ3) is 3.63. The minimum atomic E-state index is -0.264. The first-order valence-corrected chi connectivity index (χ1v) is 9.53. The number of fused-ring (bicyclic) bond motifs is 1. The van der Waals surface area contributed by atoms with Crippen molar-refractivity contribution in [2.45, 2.75) is 13.0 Å². The summed E-state index contributed by atoms with van der Waals surface area (Å²) in [6.07, 6.45) is 1.55. The Morgan fingerprint density at radius 3 is 2.68 bits per heavy atom. The third-order valence-corrected chi connectivity index (χ3v) is 4.93. The predicted octanol–water partition coefficient (Wildman–Crippen LogP) is 5.56. The van der Waals surface area contributed by atoms with Gasteiger partial charge in [-0.2, -0.15) is 0 Å². The van der Waals surface area contributed by atoms with Crippen molar-refractivity contribution in [3.8, 4) is 5.75 Å². The molecule has 3 aromatic rings. The van der Waals surface area contributed by atoms with E-state index in [1.54, 1.807) is 48.7 Å². The van der Waals surface area contributed by atoms with E-state index in [4.69, 9.17) is 27.9 Å². The number of rotatable bonds is 3. The van der Waals surface area contributed by atoms with Crippen LogP contribution in [0.4, 0.5) is 17.2 Å². The monoisotopic (exact) mass is 413 g/mol. The topological polar surface area (TPSA) is 54.5 Å². The minimum absolute atomic E-state index is 0.143. The molecule has 1 atom stereocenters. The van der Waals surface area contributed by atoms with E-state index in [9.17, 15) is 4.79 Å². The van der Waals surface area contributed by atoms with Crippen molar-refractivity contribution in [3.63, 3.8) is 0 Å². The van der Waals surface area contributed by atoms with Crippen LogP contribution in [0.5, 0.6) is 5.75 Å². The lowest BCUT2D eigenvalue weighted by Gasteiger charge is -2.35. The minimum Gasteiger partial charge on any atom is -0.486 e. The van der Waals surface area contributed by atoms with Gasteiger partial charge < -0.3 is 15.0 Å². The molecular formula is C21H17Cl2N3O2. The fraction of sp³-hybridized carbons (Fsp3) is 0.143. The molecule has 0 saturated heterocycles. The molecule has 0 fully saturated rings. The Bertz CT molecular complexity index is 1020. The van der Waals surface area contributed by atoms with E-state index >= 15 is 0 Å². The number of benzene rings is 2. The summed E-state index contributed by atoms with van der Waals surface area (Å²) in [4.78, 5) is 19.3. The van der Waals surface area contributed by atoms with E-state index in [0.29, 0.717) is 39.4 Å². The van der Waals surface area contributed by atoms with Crippen LogP contribution in [0, 0.1) is 0 Å². The van der Waals surface area contributed by atoms with E-state index in [1.165, 1.54) is 0 Å². The van der Waals surface area contributed by atoms with E-state index in [-0.39, 0.29) is 12.0 Å². The molecule has 1 aromatic heterocycles. The van der Waals surface area contributed by atoms with E-state index in [1.807, 2.05) is 24.0 Å². The Morgan fingerprint density at radius 2 is 1.93 bits per heavy atom. The molecule has 2 heterocycles. The van der Waals surface area contributed by atoms with Crippen molar-refractivity contribution >= 4 is 46.3 Å². The summed E-state index contributed by atoms with van der Waals surface area (Å²) in [7, 11) is 0. The number of nitrogens with one attached hydrogen (secondary N) is 1. The number of amides is 1. The van der Waals surface area contributed by atoms with Crippen LogP contribution in [0.25, 0.3) is 0 Å². The molecule has 0 saturated carbocycles. The van der Waals surface area contributed by atoms with Gasteiger partial charge in [-0.15, -0.1) is 0 Å². The quantitative estimate of drug-likeness (QED) is 0.610. The lowest BCUT2D eigenvalue weighted by molar-refractivity contribution is 0.102. The van der Waals surface area contributed by atoms with Crippen molar-refractivity contribution in [1.29, 1.82) is 0 Å². The van der Waals surface area contributed by atoms with E-state index in [0.717, 1.165) is 5.69 Å². The van der Waals surface area contributed by atoms with Crippen LogP contribution < -0.4 is 15.0 Å². The Hall–Kier alpha value is -2.76. The van der Waals surface area contributed by atoms with Crippen LogP contribution in [-0.2, 0) is 0 Å². The number of ether oxygens (including phenoxy) is 1. The highest BCUT2D eigenvalue weighted by Gasteiger charge is 2.29. The summed E-state index contributed by atoms with van der Waals surface area (Å²) in [5, 5.41) is 4.03. The molecule has 1 amide bonds. The van der Waals surface area contributed by atoms with Crippen LogP contribution >= 0.6 is 23.2 Å². The molecule has 28 heavy (non-hydrogen) atoms. The molecule has 142 valence electrons. The molecule has 1 aliphatic rings. The number of nitrogens with zero attached hydrogens (tertiary/aromatic N) is 2. The highest BCUT2D eigenvalue weighted by atomic mass is 35.5. The number of hydrogen-bond donors (Lipinski definition) is 1. The van der Waals surface area contributed by atoms with Gasteiger partial charge in [0.05, 0.1) is 22.8 Å². The van der Waals surface area contributed by atoms with Gasteiger partial charge >= 0.3 is 0 Å². The zero-order valence-electron chi connectivity index (χ0n) is 15.0. The van der Waals surface area contributed by atoms with Crippen molar-refractivity contribution < 1.29 is 9.53 Å². The number of hydrogen-bond acceptors (Lipinski definition) is 4. The third-order valence-electron chi connectivity index (χ3n) is 4.39. The highest BCUT2D eigenvalue weighted by molar-refractivity contribution is 6.33. The van der Waals surface area contributed by atoms with E-state index in [2.05, 4.69) is 10.3 Å². The van der Waals surface area contributed by atoms with Crippen molar-refractivity contribution in [1.82, 2.24) is 4.98 Å². The molecule has 1 N–H and O–H groups in total. The molecule has 0 spiro atoms. The second-order valence-electron chi connectivity index (χ2n) is 6.46. The first kappa shape index (κ1) is 18.6. The maximum Gasteiger partial charge on any atom is 0.259 e. The number of carbonyl (C=O) groups is 1. The van der Waals surface area contributed by atoms with Crippen LogP contribution in [0.3, 0.4) is 0 Å². The molecule has 4 rings (SSSR count). The van der Waals surface area contributed by atoms with Gasteiger partial charge in [-0.3, -0.25) is 4.79 Å². The largest absolute Gasteiger partial charge is 0.486 e. The first-order chi connectivity index (χ1) is 13.5. The SMILES string of the molecule is CC1CN(c2ncccc2Cl)c2cccc(C(=O)Nc3ccc(Cl)cc3)c2O1. The number of carbonyl (C=O) groups excluding carboxylic acids is 1. The van der Waals surface area contributed by atoms with Crippen LogP contribution in [0.15, 0.2) is 60.8 Å². The van der Waals surface area contributed by atoms with Gasteiger partial charge in [0.2, 0.25) is 0 Å². The van der Waals surface area contributed by atoms with Crippen molar-refractivity contribution in [2.24, 2.45) is 0 Å². The molecular weight excluding hydrogens is 397 g/mol. The summed E-state index contributed by atoms with van der Waals surface area (Å²) in [5.74, 6) is 0.880. The normalized spacial score (nSPS) is 15.5. The predicted molar refractivity (Wildman–Crippen MR) is 112 cm³/mol. The summed E-state index contributed by atoms with van der Waals surface area (Å²) in [6, 6.07) is 16.0. The van der Waals surface area contributed by atoms with Gasteiger partial charge in [0, 0.05) is 16.9 Å². The fourth-order valence-corrected chi connectivity index (χ4v) is 3.49. The summed E-state index contributed by atoms with van der Waals surface area (Å²) < 4.78 is 6.04. The number of pyridine rings is 1. The summed E-state index contributed by atoms with van der Waals surface area (Å²) >= 11 is 12.3. The molecule has 5 nitrogen and oxygen atoms in total. The number of para-hydroxylation sites is 1. The Balaban J connectivity index is 1.72. The molecule has 1 unspecified atom stereocenters. The van der Waals surface area contributed by atoms with Crippen molar-refractivity contribution in [2.75, 3.05) is 16.8 Å². The Kier molecular flexibility index (Phi) is 5.11. The van der Waals surface area contributed by atoms with Crippen LogP contribution in [-0.4, -0.2) is 23.5 Å². The molecule has 2 aromatic carbocycles. The molecule has 7 heteroatoms. The zero-order chi connectivity index (χ0) is 19.7. The second kappa shape index (κ2) is 7.70.